The molecule has 4 heteroatoms. The molecule has 2 unspecified atom stereocenters. The highest BCUT2D eigenvalue weighted by Crippen LogP contribution is 2.15. The summed E-state index contributed by atoms with van der Waals surface area (Å²) in [5, 5.41) is 9.17. The largest absolute Gasteiger partial charge is 0.394 e. The molecule has 20 heavy (non-hydrogen) atoms. The quantitative estimate of drug-likeness (QED) is 0.910. The molecule has 1 aromatic rings. The van der Waals surface area contributed by atoms with Crippen LogP contribution in [0.15, 0.2) is 18.2 Å². The summed E-state index contributed by atoms with van der Waals surface area (Å²) in [6.45, 7) is 7.02. The third-order valence-electron chi connectivity index (χ3n) is 3.96. The molecular formula is C16H23NO3. The predicted molar refractivity (Wildman–Crippen MR) is 77.6 cm³/mol. The number of hydrogen-bond donors (Lipinski definition) is 1. The van der Waals surface area contributed by atoms with E-state index in [1.54, 1.807) is 0 Å². The molecule has 1 fully saturated rings. The molecule has 1 heterocycles. The summed E-state index contributed by atoms with van der Waals surface area (Å²) in [6.07, 6.45) is 0.152. The van der Waals surface area contributed by atoms with Gasteiger partial charge in [0.1, 0.15) is 0 Å². The zero-order chi connectivity index (χ0) is 14.7. The molecular weight excluding hydrogens is 254 g/mol. The Bertz CT molecular complexity index is 487. The molecule has 2 atom stereocenters. The molecule has 1 aliphatic rings. The molecule has 1 aliphatic heterocycles. The van der Waals surface area contributed by atoms with Crippen molar-refractivity contribution in [3.8, 4) is 0 Å². The number of rotatable bonds is 3. The van der Waals surface area contributed by atoms with Gasteiger partial charge in [-0.15, -0.1) is 0 Å². The van der Waals surface area contributed by atoms with Crippen molar-refractivity contribution in [1.82, 2.24) is 4.90 Å². The third kappa shape index (κ3) is 3.38. The zero-order valence-electron chi connectivity index (χ0n) is 12.4. The van der Waals surface area contributed by atoms with Crippen LogP contribution in [0.25, 0.3) is 0 Å². The summed E-state index contributed by atoms with van der Waals surface area (Å²) in [4.78, 5) is 14.2. The number of aliphatic hydroxyl groups excluding tert-OH is 1. The Balaban J connectivity index is 2.04. The van der Waals surface area contributed by atoms with Crippen molar-refractivity contribution in [3.05, 3.63) is 34.9 Å². The molecule has 0 radical (unpaired) electrons. The highest BCUT2D eigenvalue weighted by atomic mass is 16.5. The Morgan fingerprint density at radius 2 is 2.15 bits per heavy atom. The van der Waals surface area contributed by atoms with Crippen LogP contribution < -0.4 is 0 Å². The van der Waals surface area contributed by atoms with E-state index in [0.717, 1.165) is 5.56 Å². The van der Waals surface area contributed by atoms with E-state index in [0.29, 0.717) is 19.6 Å². The van der Waals surface area contributed by atoms with E-state index in [2.05, 4.69) is 26.0 Å². The minimum Gasteiger partial charge on any atom is -0.394 e. The molecule has 110 valence electrons. The monoisotopic (exact) mass is 277 g/mol. The maximum Gasteiger partial charge on any atom is 0.227 e. The summed E-state index contributed by atoms with van der Waals surface area (Å²) in [6, 6.07) is 6.20. The Morgan fingerprint density at radius 1 is 1.40 bits per heavy atom. The molecule has 4 nitrogen and oxygen atoms in total. The predicted octanol–water partition coefficient (Wildman–Crippen LogP) is 1.45. The highest BCUT2D eigenvalue weighted by molar-refractivity contribution is 5.79. The first-order chi connectivity index (χ1) is 9.51. The first-order valence-electron chi connectivity index (χ1n) is 7.09. The molecule has 0 spiro atoms. The standard InChI is InChI=1S/C16H23NO3/c1-11-4-5-14(6-12(11)2)7-16(19)17-8-15(9-18)20-10-13(17)3/h4-6,13,15,18H,7-10H2,1-3H3. The third-order valence-corrected chi connectivity index (χ3v) is 3.96. The maximum absolute atomic E-state index is 12.4. The van der Waals surface area contributed by atoms with Gasteiger partial charge in [-0.2, -0.15) is 0 Å². The van der Waals surface area contributed by atoms with Crippen LogP contribution in [0, 0.1) is 13.8 Å². The summed E-state index contributed by atoms with van der Waals surface area (Å²) in [7, 11) is 0. The van der Waals surface area contributed by atoms with Gasteiger partial charge in [0.25, 0.3) is 0 Å². The van der Waals surface area contributed by atoms with Gasteiger partial charge in [0.2, 0.25) is 5.91 Å². The van der Waals surface area contributed by atoms with E-state index in [1.165, 1.54) is 11.1 Å². The van der Waals surface area contributed by atoms with Crippen LogP contribution in [0.3, 0.4) is 0 Å². The van der Waals surface area contributed by atoms with Crippen molar-refractivity contribution < 1.29 is 14.6 Å². The molecule has 1 amide bonds. The minimum atomic E-state index is -0.255. The lowest BCUT2D eigenvalue weighted by atomic mass is 10.0. The van der Waals surface area contributed by atoms with E-state index >= 15 is 0 Å². The van der Waals surface area contributed by atoms with Crippen molar-refractivity contribution >= 4 is 5.91 Å². The topological polar surface area (TPSA) is 49.8 Å². The summed E-state index contributed by atoms with van der Waals surface area (Å²) in [5.41, 5.74) is 3.48. The fraction of sp³-hybridized carbons (Fsp3) is 0.562. The molecule has 1 saturated heterocycles. The molecule has 2 rings (SSSR count). The SMILES string of the molecule is Cc1ccc(CC(=O)N2CC(CO)OCC2C)cc1C. The normalized spacial score (nSPS) is 22.9. The van der Waals surface area contributed by atoms with Crippen LogP contribution >= 0.6 is 0 Å². The molecule has 0 bridgehead atoms. The van der Waals surface area contributed by atoms with Crippen LogP contribution in [-0.4, -0.2) is 47.8 Å². The maximum atomic E-state index is 12.4. The van der Waals surface area contributed by atoms with E-state index in [9.17, 15) is 9.90 Å². The van der Waals surface area contributed by atoms with Gasteiger partial charge in [-0.1, -0.05) is 18.2 Å². The van der Waals surface area contributed by atoms with E-state index in [-0.39, 0.29) is 24.7 Å². The Labute approximate surface area is 120 Å². The second-order valence-corrected chi connectivity index (χ2v) is 5.63. The fourth-order valence-corrected chi connectivity index (χ4v) is 2.47. The molecule has 0 saturated carbocycles. The molecule has 0 aromatic heterocycles. The number of benzene rings is 1. The van der Waals surface area contributed by atoms with Crippen molar-refractivity contribution in [2.45, 2.75) is 39.3 Å². The van der Waals surface area contributed by atoms with Gasteiger partial charge in [0.15, 0.2) is 0 Å². The lowest BCUT2D eigenvalue weighted by Gasteiger charge is -2.37. The van der Waals surface area contributed by atoms with Crippen molar-refractivity contribution in [3.63, 3.8) is 0 Å². The van der Waals surface area contributed by atoms with Gasteiger partial charge < -0.3 is 14.7 Å². The van der Waals surface area contributed by atoms with Gasteiger partial charge >= 0.3 is 0 Å². The van der Waals surface area contributed by atoms with Gasteiger partial charge in [0.05, 0.1) is 31.8 Å². The average molecular weight is 277 g/mol. The highest BCUT2D eigenvalue weighted by Gasteiger charge is 2.29. The van der Waals surface area contributed by atoms with Gasteiger partial charge in [-0.3, -0.25) is 4.79 Å². The summed E-state index contributed by atoms with van der Waals surface area (Å²) >= 11 is 0. The van der Waals surface area contributed by atoms with Crippen LogP contribution in [0.2, 0.25) is 0 Å². The Hall–Kier alpha value is -1.39. The molecule has 1 aromatic carbocycles. The molecule has 1 N–H and O–H groups in total. The number of carbonyl (C=O) groups excluding carboxylic acids is 1. The van der Waals surface area contributed by atoms with E-state index in [1.807, 2.05) is 17.9 Å². The Morgan fingerprint density at radius 3 is 2.80 bits per heavy atom. The van der Waals surface area contributed by atoms with Gasteiger partial charge in [-0.05, 0) is 37.5 Å². The van der Waals surface area contributed by atoms with E-state index in [4.69, 9.17) is 4.74 Å². The number of amides is 1. The first-order valence-corrected chi connectivity index (χ1v) is 7.09. The van der Waals surface area contributed by atoms with Crippen molar-refractivity contribution in [2.75, 3.05) is 19.8 Å². The van der Waals surface area contributed by atoms with Crippen molar-refractivity contribution in [1.29, 1.82) is 0 Å². The average Bonchev–Trinajstić information content (AvgIpc) is 2.43. The number of aliphatic hydroxyl groups is 1. The fourth-order valence-electron chi connectivity index (χ4n) is 2.47. The lowest BCUT2D eigenvalue weighted by Crippen LogP contribution is -2.52. The van der Waals surface area contributed by atoms with Gasteiger partial charge in [0, 0.05) is 6.54 Å². The van der Waals surface area contributed by atoms with Crippen molar-refractivity contribution in [2.24, 2.45) is 0 Å². The number of hydrogen-bond acceptors (Lipinski definition) is 3. The number of ether oxygens (including phenoxy) is 1. The second kappa shape index (κ2) is 6.37. The van der Waals surface area contributed by atoms with Crippen LogP contribution in [-0.2, 0) is 16.0 Å². The zero-order valence-corrected chi connectivity index (χ0v) is 12.4. The van der Waals surface area contributed by atoms with Gasteiger partial charge in [-0.25, -0.2) is 0 Å². The lowest BCUT2D eigenvalue weighted by molar-refractivity contribution is -0.145. The first kappa shape index (κ1) is 15.0. The number of aryl methyl sites for hydroxylation is 2. The smallest absolute Gasteiger partial charge is 0.227 e. The number of morpholine rings is 1. The Kier molecular flexibility index (Phi) is 4.78. The number of nitrogens with zero attached hydrogens (tertiary/aromatic N) is 1. The second-order valence-electron chi connectivity index (χ2n) is 5.63. The molecule has 0 aliphatic carbocycles. The van der Waals surface area contributed by atoms with Crippen LogP contribution in [0.4, 0.5) is 0 Å². The van der Waals surface area contributed by atoms with Crippen LogP contribution in [0.5, 0.6) is 0 Å². The van der Waals surface area contributed by atoms with Crippen LogP contribution in [0.1, 0.15) is 23.6 Å². The van der Waals surface area contributed by atoms with E-state index < -0.39 is 0 Å². The minimum absolute atomic E-state index is 0.0415. The number of carbonyl (C=O) groups is 1. The summed E-state index contributed by atoms with van der Waals surface area (Å²) < 4.78 is 5.46. The summed E-state index contributed by atoms with van der Waals surface area (Å²) in [5.74, 6) is 0.0995.